The highest BCUT2D eigenvalue weighted by Crippen LogP contribution is 2.39. The molecule has 0 bridgehead atoms. The SMILES string of the molecule is CC(=O)N1c2cc(S(=O)(=O)N3CCC[C@H](C)C3)c(Br)cc2C[C@@H]1C. The molecule has 0 unspecified atom stereocenters. The molecule has 0 radical (unpaired) electrons. The lowest BCUT2D eigenvalue weighted by Crippen LogP contribution is -2.39. The van der Waals surface area contributed by atoms with Gasteiger partial charge in [0.25, 0.3) is 0 Å². The van der Waals surface area contributed by atoms with Crippen molar-refractivity contribution in [1.29, 1.82) is 0 Å². The zero-order chi connectivity index (χ0) is 17.6. The van der Waals surface area contributed by atoms with E-state index in [0.29, 0.717) is 23.5 Å². The number of carbonyl (C=O) groups is 1. The number of piperidine rings is 1. The van der Waals surface area contributed by atoms with Crippen molar-refractivity contribution in [3.8, 4) is 0 Å². The monoisotopic (exact) mass is 414 g/mol. The number of fused-ring (bicyclic) bond motifs is 1. The van der Waals surface area contributed by atoms with E-state index < -0.39 is 10.0 Å². The molecule has 0 aromatic heterocycles. The summed E-state index contributed by atoms with van der Waals surface area (Å²) in [6, 6.07) is 3.57. The Morgan fingerprint density at radius 2 is 2.00 bits per heavy atom. The van der Waals surface area contributed by atoms with Crippen LogP contribution in [0.1, 0.15) is 39.2 Å². The van der Waals surface area contributed by atoms with Gasteiger partial charge in [0.05, 0.1) is 4.90 Å². The second kappa shape index (κ2) is 6.42. The number of halogens is 1. The van der Waals surface area contributed by atoms with Gasteiger partial charge in [0, 0.05) is 36.2 Å². The Kier molecular flexibility index (Phi) is 4.79. The Labute approximate surface area is 152 Å². The number of anilines is 1. The number of sulfonamides is 1. The minimum atomic E-state index is -3.57. The van der Waals surface area contributed by atoms with Gasteiger partial charge in [-0.25, -0.2) is 8.42 Å². The van der Waals surface area contributed by atoms with Crippen molar-refractivity contribution in [3.05, 3.63) is 22.2 Å². The predicted molar refractivity (Wildman–Crippen MR) is 97.6 cm³/mol. The van der Waals surface area contributed by atoms with Crippen molar-refractivity contribution in [1.82, 2.24) is 4.31 Å². The minimum Gasteiger partial charge on any atom is -0.309 e. The summed E-state index contributed by atoms with van der Waals surface area (Å²) in [5, 5.41) is 0. The van der Waals surface area contributed by atoms with Crippen LogP contribution in [0.15, 0.2) is 21.5 Å². The van der Waals surface area contributed by atoms with Crippen LogP contribution >= 0.6 is 15.9 Å². The van der Waals surface area contributed by atoms with Crippen LogP contribution in [-0.2, 0) is 21.2 Å². The molecular weight excluding hydrogens is 392 g/mol. The molecule has 132 valence electrons. The molecule has 0 aliphatic carbocycles. The fraction of sp³-hybridized carbons (Fsp3) is 0.588. The van der Waals surface area contributed by atoms with Crippen molar-refractivity contribution in [2.75, 3.05) is 18.0 Å². The average molecular weight is 415 g/mol. The summed E-state index contributed by atoms with van der Waals surface area (Å²) < 4.78 is 28.4. The van der Waals surface area contributed by atoms with Crippen LogP contribution in [-0.4, -0.2) is 37.8 Å². The van der Waals surface area contributed by atoms with Gasteiger partial charge in [-0.2, -0.15) is 4.31 Å². The van der Waals surface area contributed by atoms with Crippen LogP contribution in [0.5, 0.6) is 0 Å². The summed E-state index contributed by atoms with van der Waals surface area (Å²) in [7, 11) is -3.57. The molecule has 1 aromatic rings. The zero-order valence-electron chi connectivity index (χ0n) is 14.3. The number of hydrogen-bond donors (Lipinski definition) is 0. The van der Waals surface area contributed by atoms with E-state index in [4.69, 9.17) is 0 Å². The van der Waals surface area contributed by atoms with Gasteiger partial charge in [0.2, 0.25) is 15.9 Å². The van der Waals surface area contributed by atoms with Crippen molar-refractivity contribution in [2.45, 2.75) is 51.0 Å². The largest absolute Gasteiger partial charge is 0.309 e. The van der Waals surface area contributed by atoms with Crippen molar-refractivity contribution in [3.63, 3.8) is 0 Å². The van der Waals surface area contributed by atoms with Crippen LogP contribution in [0, 0.1) is 5.92 Å². The highest BCUT2D eigenvalue weighted by Gasteiger charge is 2.35. The molecule has 1 amide bonds. The molecule has 0 saturated carbocycles. The highest BCUT2D eigenvalue weighted by atomic mass is 79.9. The maximum Gasteiger partial charge on any atom is 0.244 e. The predicted octanol–water partition coefficient (Wildman–Crippen LogP) is 3.17. The summed E-state index contributed by atoms with van der Waals surface area (Å²) in [6.07, 6.45) is 2.70. The van der Waals surface area contributed by atoms with Gasteiger partial charge in [-0.15, -0.1) is 0 Å². The molecule has 2 heterocycles. The molecule has 7 heteroatoms. The zero-order valence-corrected chi connectivity index (χ0v) is 16.7. The standard InChI is InChI=1S/C17H23BrN2O3S/c1-11-5-4-6-19(10-11)24(22,23)17-9-16-14(8-15(17)18)7-12(2)20(16)13(3)21/h8-9,11-12H,4-7,10H2,1-3H3/t11-,12-/m0/s1. The van der Waals surface area contributed by atoms with Crippen LogP contribution in [0.25, 0.3) is 0 Å². The van der Waals surface area contributed by atoms with Crippen molar-refractivity contribution < 1.29 is 13.2 Å². The van der Waals surface area contributed by atoms with Gasteiger partial charge in [-0.1, -0.05) is 6.92 Å². The lowest BCUT2D eigenvalue weighted by atomic mass is 10.0. The van der Waals surface area contributed by atoms with Gasteiger partial charge < -0.3 is 4.90 Å². The van der Waals surface area contributed by atoms with E-state index in [1.54, 1.807) is 15.3 Å². The summed E-state index contributed by atoms with van der Waals surface area (Å²) in [6.45, 7) is 6.70. The van der Waals surface area contributed by atoms with Gasteiger partial charge in [0.1, 0.15) is 0 Å². The summed E-state index contributed by atoms with van der Waals surface area (Å²) in [5.74, 6) is 0.314. The van der Waals surface area contributed by atoms with Gasteiger partial charge in [0.15, 0.2) is 0 Å². The summed E-state index contributed by atoms with van der Waals surface area (Å²) in [4.78, 5) is 13.9. The third-order valence-corrected chi connectivity index (χ3v) is 7.75. The number of rotatable bonds is 2. The van der Waals surface area contributed by atoms with E-state index >= 15 is 0 Å². The first-order valence-corrected chi connectivity index (χ1v) is 10.6. The quantitative estimate of drug-likeness (QED) is 0.746. The topological polar surface area (TPSA) is 57.7 Å². The molecule has 2 atom stereocenters. The molecular formula is C17H23BrN2O3S. The lowest BCUT2D eigenvalue weighted by molar-refractivity contribution is -0.116. The summed E-state index contributed by atoms with van der Waals surface area (Å²) >= 11 is 3.44. The van der Waals surface area contributed by atoms with Gasteiger partial charge in [-0.05, 0) is 65.7 Å². The fourth-order valence-electron chi connectivity index (χ4n) is 3.80. The Morgan fingerprint density at radius 1 is 1.29 bits per heavy atom. The summed E-state index contributed by atoms with van der Waals surface area (Å²) in [5.41, 5.74) is 1.73. The number of hydrogen-bond acceptors (Lipinski definition) is 3. The first kappa shape index (κ1) is 17.9. The van der Waals surface area contributed by atoms with Crippen molar-refractivity contribution >= 4 is 37.5 Å². The minimum absolute atomic E-state index is 0.0531. The molecule has 1 saturated heterocycles. The van der Waals surface area contributed by atoms with Crippen LogP contribution in [0.4, 0.5) is 5.69 Å². The highest BCUT2D eigenvalue weighted by molar-refractivity contribution is 9.10. The van der Waals surface area contributed by atoms with Gasteiger partial charge in [-0.3, -0.25) is 4.79 Å². The molecule has 0 spiro atoms. The van der Waals surface area contributed by atoms with E-state index in [9.17, 15) is 13.2 Å². The average Bonchev–Trinajstić information content (AvgIpc) is 2.81. The number of nitrogens with zero attached hydrogens (tertiary/aromatic N) is 2. The van der Waals surface area contributed by atoms with E-state index in [1.807, 2.05) is 13.0 Å². The molecule has 0 N–H and O–H groups in total. The first-order valence-electron chi connectivity index (χ1n) is 8.34. The molecule has 1 fully saturated rings. The molecule has 24 heavy (non-hydrogen) atoms. The fourth-order valence-corrected chi connectivity index (χ4v) is 6.47. The maximum absolute atomic E-state index is 13.1. The molecule has 1 aromatic carbocycles. The number of amides is 1. The first-order chi connectivity index (χ1) is 11.2. The third-order valence-electron chi connectivity index (χ3n) is 4.93. The molecule has 3 rings (SSSR count). The smallest absolute Gasteiger partial charge is 0.244 e. The number of benzene rings is 1. The Balaban J connectivity index is 2.05. The van der Waals surface area contributed by atoms with Crippen LogP contribution in [0.2, 0.25) is 0 Å². The van der Waals surface area contributed by atoms with E-state index in [0.717, 1.165) is 30.5 Å². The molecule has 2 aliphatic rings. The van der Waals surface area contributed by atoms with Crippen LogP contribution in [0.3, 0.4) is 0 Å². The molecule has 5 nitrogen and oxygen atoms in total. The van der Waals surface area contributed by atoms with Crippen LogP contribution < -0.4 is 4.90 Å². The Bertz CT molecular complexity index is 778. The maximum atomic E-state index is 13.1. The van der Waals surface area contributed by atoms with E-state index in [1.165, 1.54) is 6.92 Å². The van der Waals surface area contributed by atoms with E-state index in [2.05, 4.69) is 22.9 Å². The third kappa shape index (κ3) is 3.02. The Morgan fingerprint density at radius 3 is 2.62 bits per heavy atom. The second-order valence-corrected chi connectivity index (χ2v) is 9.72. The Hall–Kier alpha value is -0.920. The second-order valence-electron chi connectivity index (χ2n) is 6.96. The lowest BCUT2D eigenvalue weighted by Gasteiger charge is -2.30. The molecule has 2 aliphatic heterocycles. The van der Waals surface area contributed by atoms with Crippen molar-refractivity contribution in [2.24, 2.45) is 5.92 Å². The van der Waals surface area contributed by atoms with E-state index in [-0.39, 0.29) is 16.8 Å². The number of carbonyl (C=O) groups excluding carboxylic acids is 1. The normalized spacial score (nSPS) is 24.9. The van der Waals surface area contributed by atoms with Gasteiger partial charge >= 0.3 is 0 Å².